The average molecular weight is 301 g/mol. The van der Waals surface area contributed by atoms with E-state index in [2.05, 4.69) is 11.8 Å². The molecule has 4 nitrogen and oxygen atoms in total. The molecule has 2 atom stereocenters. The molecule has 1 aliphatic carbocycles. The number of aliphatic hydroxyl groups is 1. The number of carbonyl (C=O) groups is 1. The summed E-state index contributed by atoms with van der Waals surface area (Å²) >= 11 is 0. The van der Waals surface area contributed by atoms with Crippen molar-refractivity contribution < 1.29 is 15.0 Å². The molecule has 0 aliphatic heterocycles. The maximum absolute atomic E-state index is 11.3. The Morgan fingerprint density at radius 3 is 2.91 bits per heavy atom. The van der Waals surface area contributed by atoms with Crippen LogP contribution in [-0.2, 0) is 0 Å². The molecule has 0 aromatic heterocycles. The monoisotopic (exact) mass is 301 g/mol. The van der Waals surface area contributed by atoms with E-state index >= 15 is 0 Å². The van der Waals surface area contributed by atoms with Crippen molar-refractivity contribution in [1.29, 1.82) is 0 Å². The molecule has 1 aromatic carbocycles. The summed E-state index contributed by atoms with van der Waals surface area (Å²) < 4.78 is 0. The second-order valence-electron chi connectivity index (χ2n) is 5.97. The minimum Gasteiger partial charge on any atom is -0.465 e. The lowest BCUT2D eigenvalue weighted by atomic mass is 9.81. The lowest BCUT2D eigenvalue weighted by molar-refractivity contribution is 0.0178. The second kappa shape index (κ2) is 6.85. The van der Waals surface area contributed by atoms with Crippen LogP contribution in [0.2, 0.25) is 0 Å². The molecule has 0 bridgehead atoms. The van der Waals surface area contributed by atoms with Gasteiger partial charge in [-0.05, 0) is 50.8 Å². The predicted octanol–water partition coefficient (Wildman–Crippen LogP) is 3.02. The molecule has 118 valence electrons. The van der Waals surface area contributed by atoms with Crippen molar-refractivity contribution in [1.82, 2.24) is 4.90 Å². The molecular weight excluding hydrogens is 278 g/mol. The van der Waals surface area contributed by atoms with Gasteiger partial charge < -0.3 is 15.1 Å². The smallest absolute Gasteiger partial charge is 0.407 e. The molecule has 0 spiro atoms. The van der Waals surface area contributed by atoms with Gasteiger partial charge in [0, 0.05) is 24.6 Å². The molecule has 4 heteroatoms. The fourth-order valence-corrected chi connectivity index (χ4v) is 3.06. The average Bonchev–Trinajstić information content (AvgIpc) is 2.46. The maximum Gasteiger partial charge on any atom is 0.407 e. The van der Waals surface area contributed by atoms with Crippen LogP contribution < -0.4 is 0 Å². The molecule has 22 heavy (non-hydrogen) atoms. The number of nitrogens with zero attached hydrogens (tertiary/aromatic N) is 1. The van der Waals surface area contributed by atoms with E-state index in [-0.39, 0.29) is 6.04 Å². The SMILES string of the molecule is CCN(C(=O)O)C1CCCC(O)(C#Cc2cccc(C)c2)C1. The van der Waals surface area contributed by atoms with Gasteiger partial charge >= 0.3 is 6.09 Å². The van der Waals surface area contributed by atoms with Crippen LogP contribution in [0.1, 0.15) is 43.7 Å². The van der Waals surface area contributed by atoms with Crippen LogP contribution in [0, 0.1) is 18.8 Å². The van der Waals surface area contributed by atoms with Crippen molar-refractivity contribution in [2.45, 2.75) is 51.2 Å². The van der Waals surface area contributed by atoms with Gasteiger partial charge in [-0.2, -0.15) is 0 Å². The summed E-state index contributed by atoms with van der Waals surface area (Å²) in [4.78, 5) is 12.7. The third-order valence-corrected chi connectivity index (χ3v) is 4.19. The lowest BCUT2D eigenvalue weighted by Crippen LogP contribution is -2.47. The fraction of sp³-hybridized carbons (Fsp3) is 0.500. The highest BCUT2D eigenvalue weighted by Gasteiger charge is 2.36. The number of carboxylic acid groups (broad SMARTS) is 1. The standard InChI is InChI=1S/C18H23NO3/c1-3-19(17(20)21)16-8-5-10-18(22,13-16)11-9-15-7-4-6-14(2)12-15/h4,6-7,12,16,22H,3,5,8,10,13H2,1-2H3,(H,20,21). The van der Waals surface area contributed by atoms with Gasteiger partial charge in [-0.3, -0.25) is 0 Å². The zero-order valence-corrected chi connectivity index (χ0v) is 13.2. The van der Waals surface area contributed by atoms with Gasteiger partial charge in [0.15, 0.2) is 0 Å². The number of amides is 1. The normalized spacial score (nSPS) is 24.2. The Morgan fingerprint density at radius 1 is 1.50 bits per heavy atom. The van der Waals surface area contributed by atoms with Crippen molar-refractivity contribution in [3.05, 3.63) is 35.4 Å². The maximum atomic E-state index is 11.3. The predicted molar refractivity (Wildman–Crippen MR) is 85.7 cm³/mol. The minimum absolute atomic E-state index is 0.159. The molecule has 0 saturated heterocycles. The van der Waals surface area contributed by atoms with Gasteiger partial charge in [-0.15, -0.1) is 0 Å². The van der Waals surface area contributed by atoms with E-state index in [1.165, 1.54) is 4.90 Å². The van der Waals surface area contributed by atoms with Crippen molar-refractivity contribution in [2.24, 2.45) is 0 Å². The molecule has 2 N–H and O–H groups in total. The quantitative estimate of drug-likeness (QED) is 0.825. The molecule has 1 aromatic rings. The van der Waals surface area contributed by atoms with E-state index in [0.29, 0.717) is 19.4 Å². The molecule has 2 rings (SSSR count). The number of aryl methyl sites for hydroxylation is 1. The highest BCUT2D eigenvalue weighted by molar-refractivity contribution is 5.65. The topological polar surface area (TPSA) is 60.8 Å². The first kappa shape index (κ1) is 16.4. The molecule has 1 saturated carbocycles. The van der Waals surface area contributed by atoms with Crippen LogP contribution in [0.4, 0.5) is 4.79 Å². The van der Waals surface area contributed by atoms with Gasteiger partial charge in [-0.1, -0.05) is 24.0 Å². The van der Waals surface area contributed by atoms with Crippen molar-refractivity contribution in [3.63, 3.8) is 0 Å². The summed E-state index contributed by atoms with van der Waals surface area (Å²) in [6.45, 7) is 4.25. The molecule has 1 amide bonds. The van der Waals surface area contributed by atoms with Crippen molar-refractivity contribution in [3.8, 4) is 11.8 Å². The van der Waals surface area contributed by atoms with E-state index in [4.69, 9.17) is 0 Å². The van der Waals surface area contributed by atoms with E-state index in [9.17, 15) is 15.0 Å². The van der Waals surface area contributed by atoms with Crippen LogP contribution >= 0.6 is 0 Å². The van der Waals surface area contributed by atoms with Gasteiger partial charge in [0.25, 0.3) is 0 Å². The number of rotatable bonds is 2. The van der Waals surface area contributed by atoms with Crippen LogP contribution in [-0.4, -0.2) is 39.4 Å². The zero-order valence-electron chi connectivity index (χ0n) is 13.2. The minimum atomic E-state index is -1.10. The Kier molecular flexibility index (Phi) is 5.10. The van der Waals surface area contributed by atoms with Crippen LogP contribution in [0.3, 0.4) is 0 Å². The zero-order chi connectivity index (χ0) is 16.2. The summed E-state index contributed by atoms with van der Waals surface area (Å²) in [5.74, 6) is 6.01. The molecule has 1 aliphatic rings. The summed E-state index contributed by atoms with van der Waals surface area (Å²) in [6.07, 6.45) is 1.62. The third-order valence-electron chi connectivity index (χ3n) is 4.19. The number of benzene rings is 1. The van der Waals surface area contributed by atoms with Gasteiger partial charge in [0.1, 0.15) is 5.60 Å². The van der Waals surface area contributed by atoms with E-state index < -0.39 is 11.7 Å². The third kappa shape index (κ3) is 4.02. The number of hydrogen-bond acceptors (Lipinski definition) is 2. The second-order valence-corrected chi connectivity index (χ2v) is 5.97. The first-order valence-electron chi connectivity index (χ1n) is 7.75. The van der Waals surface area contributed by atoms with E-state index in [0.717, 1.165) is 24.0 Å². The van der Waals surface area contributed by atoms with Gasteiger partial charge in [0.05, 0.1) is 0 Å². The van der Waals surface area contributed by atoms with Crippen molar-refractivity contribution >= 4 is 6.09 Å². The van der Waals surface area contributed by atoms with Crippen LogP contribution in [0.25, 0.3) is 0 Å². The Balaban J connectivity index is 2.15. The molecule has 2 unspecified atom stereocenters. The largest absolute Gasteiger partial charge is 0.465 e. The summed E-state index contributed by atoms with van der Waals surface area (Å²) in [7, 11) is 0. The lowest BCUT2D eigenvalue weighted by Gasteiger charge is -2.38. The first-order valence-corrected chi connectivity index (χ1v) is 7.75. The van der Waals surface area contributed by atoms with Crippen LogP contribution in [0.15, 0.2) is 24.3 Å². The highest BCUT2D eigenvalue weighted by atomic mass is 16.4. The van der Waals surface area contributed by atoms with Crippen molar-refractivity contribution in [2.75, 3.05) is 6.54 Å². The Morgan fingerprint density at radius 2 is 2.27 bits per heavy atom. The Labute approximate surface area is 131 Å². The molecule has 0 radical (unpaired) electrons. The van der Waals surface area contributed by atoms with E-state index in [1.54, 1.807) is 0 Å². The number of hydrogen-bond donors (Lipinski definition) is 2. The molecule has 0 heterocycles. The summed E-state index contributed by atoms with van der Waals surface area (Å²) in [5, 5.41) is 19.9. The summed E-state index contributed by atoms with van der Waals surface area (Å²) in [5.41, 5.74) is 0.902. The Hall–Kier alpha value is -1.99. The fourth-order valence-electron chi connectivity index (χ4n) is 3.06. The van der Waals surface area contributed by atoms with Crippen LogP contribution in [0.5, 0.6) is 0 Å². The summed E-state index contributed by atoms with van der Waals surface area (Å²) in [6, 6.07) is 7.68. The highest BCUT2D eigenvalue weighted by Crippen LogP contribution is 2.31. The first-order chi connectivity index (χ1) is 10.4. The Bertz CT molecular complexity index is 602. The van der Waals surface area contributed by atoms with E-state index in [1.807, 2.05) is 38.1 Å². The molecule has 1 fully saturated rings. The van der Waals surface area contributed by atoms with Gasteiger partial charge in [0.2, 0.25) is 0 Å². The molecular formula is C18H23NO3. The van der Waals surface area contributed by atoms with Gasteiger partial charge in [-0.25, -0.2) is 4.79 Å².